The smallest absolute Gasteiger partial charge is 0.226 e. The zero-order chi connectivity index (χ0) is 19.6. The third-order valence-corrected chi connectivity index (χ3v) is 4.06. The first-order valence-electron chi connectivity index (χ1n) is 8.96. The monoisotopic (exact) mass is 372 g/mol. The van der Waals surface area contributed by atoms with Crippen LogP contribution in [-0.2, 0) is 4.79 Å². The Bertz CT molecular complexity index is 731. The van der Waals surface area contributed by atoms with E-state index in [2.05, 4.69) is 10.6 Å². The number of amides is 1. The van der Waals surface area contributed by atoms with Gasteiger partial charge >= 0.3 is 0 Å². The number of hydrogen-bond acceptors (Lipinski definition) is 5. The zero-order valence-electron chi connectivity index (χ0n) is 16.4. The fraction of sp³-hybridized carbons (Fsp3) is 0.381. The van der Waals surface area contributed by atoms with Crippen LogP contribution in [0.15, 0.2) is 42.5 Å². The summed E-state index contributed by atoms with van der Waals surface area (Å²) in [5.74, 6) is 2.00. The lowest BCUT2D eigenvalue weighted by molar-refractivity contribution is -0.116. The van der Waals surface area contributed by atoms with Crippen LogP contribution in [0.4, 0.5) is 5.69 Å². The van der Waals surface area contributed by atoms with E-state index in [-0.39, 0.29) is 11.9 Å². The highest BCUT2D eigenvalue weighted by atomic mass is 16.5. The van der Waals surface area contributed by atoms with E-state index in [1.54, 1.807) is 32.4 Å². The number of nitrogens with one attached hydrogen (secondary N) is 2. The summed E-state index contributed by atoms with van der Waals surface area (Å²) in [6.07, 6.45) is 0.338. The van der Waals surface area contributed by atoms with Crippen LogP contribution in [0.2, 0.25) is 0 Å². The Balaban J connectivity index is 1.74. The first-order valence-corrected chi connectivity index (χ1v) is 8.96. The molecule has 0 aliphatic carbocycles. The van der Waals surface area contributed by atoms with Crippen LogP contribution in [0.25, 0.3) is 0 Å². The Kier molecular flexibility index (Phi) is 7.95. The van der Waals surface area contributed by atoms with Gasteiger partial charge in [-0.05, 0) is 38.1 Å². The van der Waals surface area contributed by atoms with Gasteiger partial charge in [0.15, 0.2) is 0 Å². The normalized spacial score (nSPS) is 11.6. The van der Waals surface area contributed by atoms with Gasteiger partial charge in [-0.25, -0.2) is 0 Å². The molecule has 2 aromatic rings. The Labute approximate surface area is 160 Å². The molecule has 0 spiro atoms. The Morgan fingerprint density at radius 2 is 1.74 bits per heavy atom. The van der Waals surface area contributed by atoms with Gasteiger partial charge in [0.05, 0.1) is 19.9 Å². The van der Waals surface area contributed by atoms with Crippen molar-refractivity contribution in [1.29, 1.82) is 0 Å². The van der Waals surface area contributed by atoms with E-state index in [0.717, 1.165) is 5.75 Å². The second kappa shape index (κ2) is 10.4. The van der Waals surface area contributed by atoms with Gasteiger partial charge in [0.2, 0.25) is 5.91 Å². The molecule has 1 unspecified atom stereocenters. The lowest BCUT2D eigenvalue weighted by Crippen LogP contribution is -2.33. The van der Waals surface area contributed by atoms with E-state index >= 15 is 0 Å². The Morgan fingerprint density at radius 3 is 2.41 bits per heavy atom. The maximum atomic E-state index is 12.3. The highest BCUT2D eigenvalue weighted by Crippen LogP contribution is 2.29. The van der Waals surface area contributed by atoms with Crippen LogP contribution >= 0.6 is 0 Å². The molecule has 0 aliphatic rings. The van der Waals surface area contributed by atoms with E-state index in [4.69, 9.17) is 14.2 Å². The predicted molar refractivity (Wildman–Crippen MR) is 107 cm³/mol. The summed E-state index contributed by atoms with van der Waals surface area (Å²) in [4.78, 5) is 12.3. The van der Waals surface area contributed by atoms with Crippen LogP contribution in [-0.4, -0.2) is 39.3 Å². The summed E-state index contributed by atoms with van der Waals surface area (Å²) in [6, 6.07) is 13.2. The predicted octanol–water partition coefficient (Wildman–Crippen LogP) is 3.40. The van der Waals surface area contributed by atoms with Crippen LogP contribution in [0, 0.1) is 6.92 Å². The third kappa shape index (κ3) is 6.83. The molecule has 6 heteroatoms. The van der Waals surface area contributed by atoms with Crippen LogP contribution in [0.1, 0.15) is 18.9 Å². The molecule has 6 nitrogen and oxygen atoms in total. The van der Waals surface area contributed by atoms with Gasteiger partial charge in [0.1, 0.15) is 23.9 Å². The van der Waals surface area contributed by atoms with E-state index in [1.807, 2.05) is 38.1 Å². The van der Waals surface area contributed by atoms with Crippen molar-refractivity contribution < 1.29 is 19.0 Å². The maximum Gasteiger partial charge on any atom is 0.226 e. The second-order valence-electron chi connectivity index (χ2n) is 6.34. The van der Waals surface area contributed by atoms with Crippen molar-refractivity contribution in [3.8, 4) is 17.2 Å². The van der Waals surface area contributed by atoms with Gasteiger partial charge in [-0.15, -0.1) is 0 Å². The molecule has 0 heterocycles. The van der Waals surface area contributed by atoms with Gasteiger partial charge in [0, 0.05) is 25.1 Å². The summed E-state index contributed by atoms with van der Waals surface area (Å²) in [6.45, 7) is 5.21. The van der Waals surface area contributed by atoms with Gasteiger partial charge in [-0.3, -0.25) is 4.79 Å². The molecule has 0 aromatic heterocycles. The highest BCUT2D eigenvalue weighted by molar-refractivity contribution is 5.92. The lowest BCUT2D eigenvalue weighted by atomic mass is 10.2. The Hall–Kier alpha value is -2.73. The molecule has 0 bridgehead atoms. The highest BCUT2D eigenvalue weighted by Gasteiger charge is 2.12. The first kappa shape index (κ1) is 20.6. The van der Waals surface area contributed by atoms with Gasteiger partial charge in [0.25, 0.3) is 0 Å². The molecule has 0 radical (unpaired) electrons. The number of anilines is 1. The minimum atomic E-state index is -0.0963. The number of rotatable bonds is 10. The zero-order valence-corrected chi connectivity index (χ0v) is 16.4. The quantitative estimate of drug-likeness (QED) is 0.626. The molecule has 0 saturated carbocycles. The maximum absolute atomic E-state index is 12.3. The van der Waals surface area contributed by atoms with Crippen molar-refractivity contribution in [3.63, 3.8) is 0 Å². The van der Waals surface area contributed by atoms with E-state index in [0.29, 0.717) is 36.8 Å². The lowest BCUT2D eigenvalue weighted by Gasteiger charge is -2.16. The topological polar surface area (TPSA) is 68.8 Å². The van der Waals surface area contributed by atoms with Crippen molar-refractivity contribution in [1.82, 2.24) is 5.32 Å². The average Bonchev–Trinajstić information content (AvgIpc) is 2.66. The number of carbonyl (C=O) groups excluding carboxylic acids is 1. The van der Waals surface area contributed by atoms with Crippen molar-refractivity contribution in [2.75, 3.05) is 32.7 Å². The van der Waals surface area contributed by atoms with Crippen molar-refractivity contribution in [2.45, 2.75) is 26.3 Å². The molecule has 2 N–H and O–H groups in total. The van der Waals surface area contributed by atoms with Crippen molar-refractivity contribution in [2.24, 2.45) is 0 Å². The standard InChI is InChI=1S/C21H28N2O4/c1-15-5-7-17(8-6-15)27-12-11-22-16(2)13-21(24)23-19-14-18(25-3)9-10-20(19)26-4/h5-10,14,16,22H,11-13H2,1-4H3,(H,23,24). The summed E-state index contributed by atoms with van der Waals surface area (Å²) in [5, 5.41) is 6.16. The van der Waals surface area contributed by atoms with Crippen LogP contribution in [0.3, 0.4) is 0 Å². The minimum Gasteiger partial charge on any atom is -0.497 e. The molecule has 146 valence electrons. The first-order chi connectivity index (χ1) is 13.0. The number of aryl methyl sites for hydroxylation is 1. The van der Waals surface area contributed by atoms with Gasteiger partial charge in [-0.1, -0.05) is 17.7 Å². The average molecular weight is 372 g/mol. The molecular formula is C21H28N2O4. The molecule has 1 amide bonds. The van der Waals surface area contributed by atoms with Crippen molar-refractivity contribution in [3.05, 3.63) is 48.0 Å². The van der Waals surface area contributed by atoms with E-state index < -0.39 is 0 Å². The summed E-state index contributed by atoms with van der Waals surface area (Å²) in [7, 11) is 3.15. The van der Waals surface area contributed by atoms with Crippen molar-refractivity contribution >= 4 is 11.6 Å². The molecular weight excluding hydrogens is 344 g/mol. The molecule has 2 rings (SSSR count). The van der Waals surface area contributed by atoms with Crippen LogP contribution in [0.5, 0.6) is 17.2 Å². The van der Waals surface area contributed by atoms with Gasteiger partial charge < -0.3 is 24.8 Å². The largest absolute Gasteiger partial charge is 0.497 e. The summed E-state index contributed by atoms with van der Waals surface area (Å²) in [5.41, 5.74) is 1.80. The molecule has 27 heavy (non-hydrogen) atoms. The Morgan fingerprint density at radius 1 is 1.04 bits per heavy atom. The minimum absolute atomic E-state index is 0.0169. The molecule has 1 atom stereocenters. The molecule has 0 aliphatic heterocycles. The number of carbonyl (C=O) groups is 1. The summed E-state index contributed by atoms with van der Waals surface area (Å²) >= 11 is 0. The molecule has 2 aromatic carbocycles. The summed E-state index contributed by atoms with van der Waals surface area (Å²) < 4.78 is 16.1. The van der Waals surface area contributed by atoms with Gasteiger partial charge in [-0.2, -0.15) is 0 Å². The number of ether oxygens (including phenoxy) is 3. The third-order valence-electron chi connectivity index (χ3n) is 4.06. The molecule has 0 saturated heterocycles. The molecule has 0 fully saturated rings. The SMILES string of the molecule is COc1ccc(OC)c(NC(=O)CC(C)NCCOc2ccc(C)cc2)c1. The number of methoxy groups -OCH3 is 2. The second-order valence-corrected chi connectivity index (χ2v) is 6.34. The van der Waals surface area contributed by atoms with Crippen LogP contribution < -0.4 is 24.8 Å². The van der Waals surface area contributed by atoms with E-state index in [9.17, 15) is 4.79 Å². The fourth-order valence-electron chi connectivity index (χ4n) is 2.57. The number of benzene rings is 2. The fourth-order valence-corrected chi connectivity index (χ4v) is 2.57. The number of hydrogen-bond donors (Lipinski definition) is 2. The van der Waals surface area contributed by atoms with E-state index in [1.165, 1.54) is 5.56 Å².